The number of anilines is 1. The van der Waals surface area contributed by atoms with E-state index < -0.39 is 0 Å². The van der Waals surface area contributed by atoms with Gasteiger partial charge in [-0.2, -0.15) is 0 Å². The first-order chi connectivity index (χ1) is 12.6. The molecule has 0 aliphatic rings. The summed E-state index contributed by atoms with van der Waals surface area (Å²) in [6.07, 6.45) is 4.73. The summed E-state index contributed by atoms with van der Waals surface area (Å²) < 4.78 is 5.75. The fourth-order valence-electron chi connectivity index (χ4n) is 2.34. The van der Waals surface area contributed by atoms with Gasteiger partial charge in [0.25, 0.3) is 0 Å². The Morgan fingerprint density at radius 2 is 1.85 bits per heavy atom. The smallest absolute Gasteiger partial charge is 0.248 e. The van der Waals surface area contributed by atoms with Crippen LogP contribution in [0.5, 0.6) is 5.75 Å². The molecule has 26 heavy (non-hydrogen) atoms. The van der Waals surface area contributed by atoms with Crippen LogP contribution >= 0.6 is 0 Å². The number of fused-ring (bicyclic) bond motifs is 1. The lowest BCUT2D eigenvalue weighted by Gasteiger charge is -2.13. The number of carbonyl (C=O) groups excluding carboxylic acids is 1. The van der Waals surface area contributed by atoms with E-state index in [1.807, 2.05) is 48.5 Å². The van der Waals surface area contributed by atoms with Crippen molar-refractivity contribution in [1.29, 1.82) is 0 Å². The molecule has 1 amide bonds. The second-order valence-corrected chi connectivity index (χ2v) is 6.31. The highest BCUT2D eigenvalue weighted by molar-refractivity contribution is 6.02. The first-order valence-electron chi connectivity index (χ1n) is 8.54. The highest BCUT2D eigenvalue weighted by atomic mass is 16.5. The van der Waals surface area contributed by atoms with Crippen LogP contribution in [0.15, 0.2) is 60.8 Å². The van der Waals surface area contributed by atoms with Gasteiger partial charge in [0.15, 0.2) is 0 Å². The molecule has 0 unspecified atom stereocenters. The van der Waals surface area contributed by atoms with Crippen molar-refractivity contribution in [3.05, 3.63) is 66.5 Å². The van der Waals surface area contributed by atoms with Crippen LogP contribution in [0.3, 0.4) is 0 Å². The van der Waals surface area contributed by atoms with Crippen molar-refractivity contribution in [3.8, 4) is 5.75 Å². The Morgan fingerprint density at radius 3 is 2.65 bits per heavy atom. The van der Waals surface area contributed by atoms with Crippen LogP contribution in [-0.2, 0) is 4.79 Å². The average Bonchev–Trinajstić information content (AvgIpc) is 2.65. The van der Waals surface area contributed by atoms with E-state index >= 15 is 0 Å². The highest BCUT2D eigenvalue weighted by Gasteiger charge is 2.06. The topological polar surface area (TPSA) is 64.1 Å². The minimum absolute atomic E-state index is 0.249. The summed E-state index contributed by atoms with van der Waals surface area (Å²) >= 11 is 0. The zero-order valence-electron chi connectivity index (χ0n) is 14.8. The summed E-state index contributed by atoms with van der Waals surface area (Å²) in [4.78, 5) is 21.0. The predicted octanol–water partition coefficient (Wildman–Crippen LogP) is 4.32. The van der Waals surface area contributed by atoms with Gasteiger partial charge in [0, 0.05) is 6.08 Å². The van der Waals surface area contributed by atoms with Crippen molar-refractivity contribution >= 4 is 28.7 Å². The molecule has 0 aliphatic heterocycles. The number of carbonyl (C=O) groups is 1. The highest BCUT2D eigenvalue weighted by Crippen LogP contribution is 2.24. The molecule has 0 bridgehead atoms. The second-order valence-electron chi connectivity index (χ2n) is 6.31. The van der Waals surface area contributed by atoms with E-state index in [0.29, 0.717) is 29.7 Å². The summed E-state index contributed by atoms with van der Waals surface area (Å²) in [5.74, 6) is 0.819. The summed E-state index contributed by atoms with van der Waals surface area (Å²) in [5.41, 5.74) is 2.89. The Balaban J connectivity index is 1.69. The molecule has 132 valence electrons. The molecule has 1 heterocycles. The molecule has 3 rings (SSSR count). The summed E-state index contributed by atoms with van der Waals surface area (Å²) in [5, 5.41) is 2.84. The van der Waals surface area contributed by atoms with E-state index in [1.165, 1.54) is 6.08 Å². The molecule has 5 heteroatoms. The first kappa shape index (κ1) is 17.6. The lowest BCUT2D eigenvalue weighted by atomic mass is 10.2. The predicted molar refractivity (Wildman–Crippen MR) is 104 cm³/mol. The molecule has 0 aliphatic carbocycles. The minimum Gasteiger partial charge on any atom is -0.491 e. The Bertz CT molecular complexity index is 935. The van der Waals surface area contributed by atoms with E-state index in [9.17, 15) is 4.79 Å². The van der Waals surface area contributed by atoms with E-state index in [1.54, 1.807) is 12.3 Å². The van der Waals surface area contributed by atoms with Gasteiger partial charge in [0.05, 0.1) is 35.2 Å². The summed E-state index contributed by atoms with van der Waals surface area (Å²) in [6.45, 7) is 4.75. The monoisotopic (exact) mass is 347 g/mol. The lowest BCUT2D eigenvalue weighted by molar-refractivity contribution is -0.111. The Kier molecular flexibility index (Phi) is 5.59. The number of hydrogen-bond acceptors (Lipinski definition) is 4. The van der Waals surface area contributed by atoms with Crippen molar-refractivity contribution in [2.75, 3.05) is 11.9 Å². The number of amides is 1. The largest absolute Gasteiger partial charge is 0.491 e. The minimum atomic E-state index is -0.249. The number of nitrogens with one attached hydrogen (secondary N) is 1. The van der Waals surface area contributed by atoms with Gasteiger partial charge in [-0.15, -0.1) is 0 Å². The maximum Gasteiger partial charge on any atom is 0.248 e. The normalized spacial score (nSPS) is 11.2. The standard InChI is InChI=1S/C21H21N3O2/c1-15(2)14-26-20-10-6-5-9-19(20)24-21(25)12-11-16-13-22-17-7-3-4-8-18(17)23-16/h3-13,15H,14H2,1-2H3,(H,24,25)/b12-11+. The average molecular weight is 347 g/mol. The van der Waals surface area contributed by atoms with Gasteiger partial charge in [0.2, 0.25) is 5.91 Å². The first-order valence-corrected chi connectivity index (χ1v) is 8.54. The van der Waals surface area contributed by atoms with Crippen LogP contribution in [0.4, 0.5) is 5.69 Å². The molecule has 0 radical (unpaired) electrons. The maximum atomic E-state index is 12.2. The number of rotatable bonds is 6. The maximum absolute atomic E-state index is 12.2. The number of benzene rings is 2. The van der Waals surface area contributed by atoms with Gasteiger partial charge < -0.3 is 10.1 Å². The van der Waals surface area contributed by atoms with Crippen LogP contribution in [0.25, 0.3) is 17.1 Å². The van der Waals surface area contributed by atoms with Crippen molar-refractivity contribution in [1.82, 2.24) is 9.97 Å². The SMILES string of the molecule is CC(C)COc1ccccc1NC(=O)/C=C/c1cnc2ccccc2n1. The van der Waals surface area contributed by atoms with E-state index in [4.69, 9.17) is 4.74 Å². The zero-order valence-corrected chi connectivity index (χ0v) is 14.8. The molecule has 2 aromatic carbocycles. The molecule has 1 N–H and O–H groups in total. The Morgan fingerprint density at radius 1 is 1.12 bits per heavy atom. The van der Waals surface area contributed by atoms with Gasteiger partial charge in [-0.05, 0) is 36.3 Å². The molecule has 1 aromatic heterocycles. The van der Waals surface area contributed by atoms with Crippen molar-refractivity contribution in [2.45, 2.75) is 13.8 Å². The van der Waals surface area contributed by atoms with E-state index in [0.717, 1.165) is 11.0 Å². The fourth-order valence-corrected chi connectivity index (χ4v) is 2.34. The molecule has 0 fully saturated rings. The van der Waals surface area contributed by atoms with Crippen LogP contribution in [-0.4, -0.2) is 22.5 Å². The summed E-state index contributed by atoms with van der Waals surface area (Å²) in [6, 6.07) is 15.0. The third-order valence-electron chi connectivity index (χ3n) is 3.59. The van der Waals surface area contributed by atoms with Crippen molar-refractivity contribution < 1.29 is 9.53 Å². The zero-order chi connectivity index (χ0) is 18.4. The van der Waals surface area contributed by atoms with Crippen LogP contribution < -0.4 is 10.1 Å². The molecule has 0 saturated heterocycles. The van der Waals surface area contributed by atoms with Gasteiger partial charge in [-0.25, -0.2) is 4.98 Å². The Hall–Kier alpha value is -3.21. The number of aromatic nitrogens is 2. The van der Waals surface area contributed by atoms with E-state index in [-0.39, 0.29) is 5.91 Å². The molecule has 0 atom stereocenters. The van der Waals surface area contributed by atoms with Gasteiger partial charge in [-0.1, -0.05) is 38.1 Å². The second kappa shape index (κ2) is 8.25. The van der Waals surface area contributed by atoms with Gasteiger partial charge >= 0.3 is 0 Å². The molecule has 3 aromatic rings. The van der Waals surface area contributed by atoms with Crippen LogP contribution in [0, 0.1) is 5.92 Å². The summed E-state index contributed by atoms with van der Waals surface area (Å²) in [7, 11) is 0. The third-order valence-corrected chi connectivity index (χ3v) is 3.59. The quantitative estimate of drug-likeness (QED) is 0.675. The number of ether oxygens (including phenoxy) is 1. The van der Waals surface area contributed by atoms with Crippen LogP contribution in [0.1, 0.15) is 19.5 Å². The number of nitrogens with zero attached hydrogens (tertiary/aromatic N) is 2. The molecule has 5 nitrogen and oxygen atoms in total. The van der Waals surface area contributed by atoms with Crippen LogP contribution in [0.2, 0.25) is 0 Å². The fraction of sp³-hybridized carbons (Fsp3) is 0.190. The molecular formula is C21H21N3O2. The third kappa shape index (κ3) is 4.66. The Labute approximate surface area is 152 Å². The van der Waals surface area contributed by atoms with Crippen molar-refractivity contribution in [2.24, 2.45) is 5.92 Å². The van der Waals surface area contributed by atoms with Crippen molar-refractivity contribution in [3.63, 3.8) is 0 Å². The molecule has 0 spiro atoms. The number of hydrogen-bond donors (Lipinski definition) is 1. The molecule has 0 saturated carbocycles. The van der Waals surface area contributed by atoms with Gasteiger partial charge in [0.1, 0.15) is 5.75 Å². The lowest BCUT2D eigenvalue weighted by Crippen LogP contribution is -2.11. The molecular weight excluding hydrogens is 326 g/mol. The number of para-hydroxylation sites is 4. The van der Waals surface area contributed by atoms with E-state index in [2.05, 4.69) is 29.1 Å². The van der Waals surface area contributed by atoms with Gasteiger partial charge in [-0.3, -0.25) is 9.78 Å².